The maximum atomic E-state index is 6.15. The summed E-state index contributed by atoms with van der Waals surface area (Å²) in [6.07, 6.45) is 6.92. The summed E-state index contributed by atoms with van der Waals surface area (Å²) in [5.74, 6) is 0. The number of fused-ring (bicyclic) bond motifs is 2. The lowest BCUT2D eigenvalue weighted by atomic mass is 10.1. The second-order valence-corrected chi connectivity index (χ2v) is 9.07. The van der Waals surface area contributed by atoms with Crippen LogP contribution in [0.5, 0.6) is 0 Å². The van der Waals surface area contributed by atoms with Crippen LogP contribution in [0.2, 0.25) is 20.6 Å². The van der Waals surface area contributed by atoms with Gasteiger partial charge in [-0.3, -0.25) is 0 Å². The van der Waals surface area contributed by atoms with E-state index in [1.165, 1.54) is 12.4 Å². The minimum absolute atomic E-state index is 0. The molecule has 38 heavy (non-hydrogen) atoms. The van der Waals surface area contributed by atoms with Gasteiger partial charge in [0.2, 0.25) is 10.6 Å². The molecule has 0 atom stereocenters. The standard InChI is InChI=1S/C13H9Cl2N3.C12H7Cl2N3.CH3I.CH4/c1-18-6-5-8-9(3-2-4-11(8)18)12-10(14)7-16-13(15)17-12;13-9-6-16-12(14)17-11(9)8-2-1-3-10-7(8)4-5-15-10;1-2;/h2-7H,1H3;1-6,15H;1H3;1H4. The Morgan fingerprint density at radius 1 is 0.737 bits per heavy atom. The van der Waals surface area contributed by atoms with E-state index in [0.29, 0.717) is 21.4 Å². The van der Waals surface area contributed by atoms with Gasteiger partial charge in [-0.05, 0) is 52.4 Å². The summed E-state index contributed by atoms with van der Waals surface area (Å²) < 4.78 is 2.05. The maximum Gasteiger partial charge on any atom is 0.222 e. The van der Waals surface area contributed by atoms with Crippen LogP contribution in [0.4, 0.5) is 0 Å². The number of nitrogens with zero attached hydrogens (tertiary/aromatic N) is 5. The number of H-pyrrole nitrogens is 1. The number of halogens is 5. The predicted octanol–water partition coefficient (Wildman–Crippen LogP) is 9.56. The van der Waals surface area contributed by atoms with Crippen LogP contribution in [0.25, 0.3) is 44.3 Å². The summed E-state index contributed by atoms with van der Waals surface area (Å²) in [6, 6.07) is 15.9. The first kappa shape index (κ1) is 30.1. The summed E-state index contributed by atoms with van der Waals surface area (Å²) in [5, 5.41) is 3.53. The molecule has 0 amide bonds. The second-order valence-electron chi connectivity index (χ2n) is 7.58. The SMILES string of the molecule is C.CI.Clc1ncc(Cl)c(-c2cccc3[nH]ccc23)n1.Cn1ccc2c(-c3nc(Cl)ncc3Cl)cccc21. The Bertz CT molecular complexity index is 1680. The molecule has 196 valence electrons. The van der Waals surface area contributed by atoms with Crippen molar-refractivity contribution in [3.05, 3.63) is 93.9 Å². The molecule has 0 fully saturated rings. The van der Waals surface area contributed by atoms with E-state index in [1.807, 2.05) is 66.8 Å². The normalized spacial score (nSPS) is 10.3. The van der Waals surface area contributed by atoms with Crippen molar-refractivity contribution in [3.8, 4) is 22.5 Å². The Hall–Kier alpha value is -2.43. The zero-order valence-electron chi connectivity index (χ0n) is 19.6. The van der Waals surface area contributed by atoms with Crippen molar-refractivity contribution in [3.63, 3.8) is 0 Å². The number of aryl methyl sites for hydroxylation is 1. The molecule has 0 spiro atoms. The molecule has 4 heterocycles. The van der Waals surface area contributed by atoms with Gasteiger partial charge in [-0.15, -0.1) is 0 Å². The van der Waals surface area contributed by atoms with Crippen molar-refractivity contribution >= 4 is 90.8 Å². The molecule has 6 nitrogen and oxygen atoms in total. The van der Waals surface area contributed by atoms with E-state index in [9.17, 15) is 0 Å². The number of rotatable bonds is 2. The van der Waals surface area contributed by atoms with Gasteiger partial charge in [0.1, 0.15) is 0 Å². The molecule has 1 N–H and O–H groups in total. The van der Waals surface area contributed by atoms with Gasteiger partial charge in [0.05, 0.1) is 33.8 Å². The van der Waals surface area contributed by atoms with Crippen LogP contribution in [0, 0.1) is 0 Å². The minimum Gasteiger partial charge on any atom is -0.361 e. The fourth-order valence-corrected chi connectivity index (χ4v) is 4.52. The van der Waals surface area contributed by atoms with E-state index in [2.05, 4.69) is 58.1 Å². The van der Waals surface area contributed by atoms with Gasteiger partial charge in [0, 0.05) is 52.4 Å². The summed E-state index contributed by atoms with van der Waals surface area (Å²) in [4.78, 5) is 21.2. The third-order valence-electron chi connectivity index (χ3n) is 5.46. The molecule has 0 bridgehead atoms. The zero-order chi connectivity index (χ0) is 26.5. The Balaban J connectivity index is 0.000000193. The van der Waals surface area contributed by atoms with Gasteiger partial charge in [-0.2, -0.15) is 0 Å². The predicted molar refractivity (Wildman–Crippen MR) is 170 cm³/mol. The topological polar surface area (TPSA) is 72.3 Å². The Morgan fingerprint density at radius 3 is 1.89 bits per heavy atom. The first-order valence-corrected chi connectivity index (χ1v) is 14.4. The monoisotopic (exact) mass is 698 g/mol. The smallest absolute Gasteiger partial charge is 0.222 e. The minimum atomic E-state index is 0. The average molecular weight is 700 g/mol. The van der Waals surface area contributed by atoms with Crippen LogP contribution in [-0.4, -0.2) is 34.4 Å². The number of benzene rings is 2. The van der Waals surface area contributed by atoms with Crippen LogP contribution in [0.1, 0.15) is 7.43 Å². The highest BCUT2D eigenvalue weighted by Crippen LogP contribution is 2.33. The fraction of sp³-hybridized carbons (Fsp3) is 0.111. The van der Waals surface area contributed by atoms with Crippen LogP contribution < -0.4 is 0 Å². The molecule has 0 saturated carbocycles. The van der Waals surface area contributed by atoms with Crippen molar-refractivity contribution in [1.29, 1.82) is 0 Å². The average Bonchev–Trinajstić information content (AvgIpc) is 3.55. The van der Waals surface area contributed by atoms with Crippen molar-refractivity contribution in [2.75, 3.05) is 4.93 Å². The molecule has 0 aliphatic carbocycles. The molecule has 4 aromatic heterocycles. The Labute approximate surface area is 254 Å². The highest BCUT2D eigenvalue weighted by atomic mass is 127. The summed E-state index contributed by atoms with van der Waals surface area (Å²) >= 11 is 26.0. The van der Waals surface area contributed by atoms with Gasteiger partial charge >= 0.3 is 0 Å². The van der Waals surface area contributed by atoms with Crippen LogP contribution in [-0.2, 0) is 7.05 Å². The van der Waals surface area contributed by atoms with E-state index in [1.54, 1.807) is 0 Å². The van der Waals surface area contributed by atoms with E-state index >= 15 is 0 Å². The molecule has 0 saturated heterocycles. The maximum absolute atomic E-state index is 6.15. The Kier molecular flexibility index (Phi) is 10.8. The molecule has 11 heteroatoms. The quantitative estimate of drug-likeness (QED) is 0.111. The third-order valence-corrected chi connectivity index (χ3v) is 6.38. The second kappa shape index (κ2) is 13.6. The summed E-state index contributed by atoms with van der Waals surface area (Å²) in [5.41, 5.74) is 5.37. The highest BCUT2D eigenvalue weighted by molar-refractivity contribution is 14.1. The zero-order valence-corrected chi connectivity index (χ0v) is 24.7. The number of hydrogen-bond donors (Lipinski definition) is 1. The van der Waals surface area contributed by atoms with E-state index < -0.39 is 0 Å². The van der Waals surface area contributed by atoms with Gasteiger partial charge < -0.3 is 9.55 Å². The molecule has 6 aromatic rings. The molecule has 2 aromatic carbocycles. The van der Waals surface area contributed by atoms with Crippen molar-refractivity contribution in [1.82, 2.24) is 29.5 Å². The number of hydrogen-bond acceptors (Lipinski definition) is 4. The van der Waals surface area contributed by atoms with Crippen LogP contribution in [0.15, 0.2) is 73.3 Å². The van der Waals surface area contributed by atoms with E-state index in [0.717, 1.165) is 32.9 Å². The third kappa shape index (κ3) is 6.40. The number of aromatic nitrogens is 6. The largest absolute Gasteiger partial charge is 0.361 e. The van der Waals surface area contributed by atoms with E-state index in [-0.39, 0.29) is 18.0 Å². The number of aromatic amines is 1. The fourth-order valence-electron chi connectivity index (χ4n) is 3.87. The highest BCUT2D eigenvalue weighted by Gasteiger charge is 2.12. The number of alkyl halides is 1. The lowest BCUT2D eigenvalue weighted by Crippen LogP contribution is -1.90. The van der Waals surface area contributed by atoms with Crippen molar-refractivity contribution < 1.29 is 0 Å². The lowest BCUT2D eigenvalue weighted by Gasteiger charge is -2.06. The molecular formula is C27H23Cl4IN6. The molecule has 0 radical (unpaired) electrons. The van der Waals surface area contributed by atoms with Crippen LogP contribution >= 0.6 is 69.0 Å². The molecule has 0 aliphatic heterocycles. The first-order chi connectivity index (χ1) is 17.9. The van der Waals surface area contributed by atoms with Gasteiger partial charge in [0.25, 0.3) is 0 Å². The lowest BCUT2D eigenvalue weighted by molar-refractivity contribution is 0.969. The van der Waals surface area contributed by atoms with Gasteiger partial charge in [0.15, 0.2) is 0 Å². The van der Waals surface area contributed by atoms with Crippen molar-refractivity contribution in [2.24, 2.45) is 7.05 Å². The molecule has 0 unspecified atom stereocenters. The summed E-state index contributed by atoms with van der Waals surface area (Å²) in [7, 11) is 2.00. The number of nitrogens with one attached hydrogen (secondary N) is 1. The van der Waals surface area contributed by atoms with E-state index in [4.69, 9.17) is 46.4 Å². The van der Waals surface area contributed by atoms with Gasteiger partial charge in [-0.1, -0.05) is 77.5 Å². The molecular weight excluding hydrogens is 677 g/mol. The van der Waals surface area contributed by atoms with Gasteiger partial charge in [-0.25, -0.2) is 19.9 Å². The summed E-state index contributed by atoms with van der Waals surface area (Å²) in [6.45, 7) is 0. The van der Waals surface area contributed by atoms with Crippen molar-refractivity contribution in [2.45, 2.75) is 7.43 Å². The molecule has 0 aliphatic rings. The molecule has 6 rings (SSSR count). The first-order valence-electron chi connectivity index (χ1n) is 10.8. The Morgan fingerprint density at radius 2 is 1.29 bits per heavy atom. The van der Waals surface area contributed by atoms with Crippen LogP contribution in [0.3, 0.4) is 0 Å².